The highest BCUT2D eigenvalue weighted by molar-refractivity contribution is 6.32. The Hall–Kier alpha value is -2.58. The molecule has 0 unspecified atom stereocenters. The number of amides is 1. The van der Waals surface area contributed by atoms with Crippen LogP contribution in [0, 0.1) is 0 Å². The maximum atomic E-state index is 12.4. The lowest BCUT2D eigenvalue weighted by molar-refractivity contribution is -0.117. The van der Waals surface area contributed by atoms with Gasteiger partial charge in [-0.2, -0.15) is 0 Å². The van der Waals surface area contributed by atoms with Gasteiger partial charge in [0.05, 0.1) is 19.3 Å². The summed E-state index contributed by atoms with van der Waals surface area (Å²) in [6.07, 6.45) is 1.46. The summed E-state index contributed by atoms with van der Waals surface area (Å²) >= 11 is 6.13. The van der Waals surface area contributed by atoms with Crippen molar-refractivity contribution in [3.8, 4) is 5.75 Å². The average molecular weight is 391 g/mol. The number of benzene rings is 1. The van der Waals surface area contributed by atoms with Gasteiger partial charge >= 0.3 is 0 Å². The second-order valence-electron chi connectivity index (χ2n) is 6.12. The van der Waals surface area contributed by atoms with Gasteiger partial charge in [-0.05, 0) is 12.1 Å². The highest BCUT2D eigenvalue weighted by atomic mass is 35.5. The third kappa shape index (κ3) is 4.58. The molecule has 0 bridgehead atoms. The van der Waals surface area contributed by atoms with Gasteiger partial charge < -0.3 is 20.3 Å². The first-order chi connectivity index (χ1) is 13.1. The largest absolute Gasteiger partial charge is 0.495 e. The number of carbonyl (C=O) groups excluding carboxylic acids is 1. The zero-order valence-corrected chi connectivity index (χ0v) is 16.2. The number of nitrogens with zero attached hydrogens (tertiary/aromatic N) is 4. The number of carbonyl (C=O) groups is 1. The van der Waals surface area contributed by atoms with E-state index in [2.05, 4.69) is 30.4 Å². The zero-order chi connectivity index (χ0) is 19.2. The Bertz CT molecular complexity index is 795. The van der Waals surface area contributed by atoms with E-state index in [4.69, 9.17) is 16.3 Å². The van der Waals surface area contributed by atoms with Crippen LogP contribution in [0.3, 0.4) is 0 Å². The number of para-hydroxylation sites is 2. The lowest BCUT2D eigenvalue weighted by Gasteiger charge is -2.35. The van der Waals surface area contributed by atoms with Crippen molar-refractivity contribution in [3.63, 3.8) is 0 Å². The number of aromatic nitrogens is 2. The second-order valence-corrected chi connectivity index (χ2v) is 6.48. The van der Waals surface area contributed by atoms with Crippen molar-refractivity contribution in [1.29, 1.82) is 0 Å². The first-order valence-corrected chi connectivity index (χ1v) is 9.08. The van der Waals surface area contributed by atoms with E-state index in [0.29, 0.717) is 23.1 Å². The quantitative estimate of drug-likeness (QED) is 0.729. The SMILES string of the molecule is CNc1c(Cl)ncnc1N1CCN(CC(=O)Nc2ccccc2OC)CC1. The summed E-state index contributed by atoms with van der Waals surface area (Å²) < 4.78 is 5.27. The highest BCUT2D eigenvalue weighted by Gasteiger charge is 2.23. The number of piperazine rings is 1. The molecule has 27 heavy (non-hydrogen) atoms. The molecule has 0 spiro atoms. The highest BCUT2D eigenvalue weighted by Crippen LogP contribution is 2.29. The fourth-order valence-electron chi connectivity index (χ4n) is 3.07. The van der Waals surface area contributed by atoms with Crippen molar-refractivity contribution >= 4 is 34.7 Å². The summed E-state index contributed by atoms with van der Waals surface area (Å²) in [6, 6.07) is 7.38. The Morgan fingerprint density at radius 2 is 1.96 bits per heavy atom. The lowest BCUT2D eigenvalue weighted by Crippen LogP contribution is -2.49. The Morgan fingerprint density at radius 1 is 1.22 bits per heavy atom. The van der Waals surface area contributed by atoms with Crippen LogP contribution >= 0.6 is 11.6 Å². The van der Waals surface area contributed by atoms with Crippen LogP contribution in [0.5, 0.6) is 5.75 Å². The minimum atomic E-state index is -0.0612. The Balaban J connectivity index is 1.55. The molecule has 2 N–H and O–H groups in total. The van der Waals surface area contributed by atoms with Crippen LogP contribution < -0.4 is 20.3 Å². The topological polar surface area (TPSA) is 82.6 Å². The Morgan fingerprint density at radius 3 is 2.67 bits per heavy atom. The second kappa shape index (κ2) is 8.88. The van der Waals surface area contributed by atoms with E-state index < -0.39 is 0 Å². The Kier molecular flexibility index (Phi) is 6.31. The molecule has 0 radical (unpaired) electrons. The molecule has 1 aromatic carbocycles. The molecule has 144 valence electrons. The van der Waals surface area contributed by atoms with Crippen LogP contribution in [0.4, 0.5) is 17.2 Å². The summed E-state index contributed by atoms with van der Waals surface area (Å²) in [5.41, 5.74) is 1.40. The fraction of sp³-hybridized carbons (Fsp3) is 0.389. The van der Waals surface area contributed by atoms with Gasteiger partial charge in [0.1, 0.15) is 17.8 Å². The van der Waals surface area contributed by atoms with Crippen molar-refractivity contribution < 1.29 is 9.53 Å². The van der Waals surface area contributed by atoms with E-state index in [1.807, 2.05) is 24.3 Å². The van der Waals surface area contributed by atoms with Crippen LogP contribution in [-0.2, 0) is 4.79 Å². The predicted octanol–water partition coefficient (Wildman–Crippen LogP) is 1.94. The third-order valence-electron chi connectivity index (χ3n) is 4.45. The molecule has 1 saturated heterocycles. The van der Waals surface area contributed by atoms with E-state index in [1.165, 1.54) is 6.33 Å². The first-order valence-electron chi connectivity index (χ1n) is 8.70. The molecular formula is C18H23ClN6O2. The first kappa shape index (κ1) is 19.2. The molecule has 8 nitrogen and oxygen atoms in total. The molecule has 0 atom stereocenters. The Labute approximate surface area is 163 Å². The van der Waals surface area contributed by atoms with Crippen LogP contribution in [0.2, 0.25) is 5.15 Å². The third-order valence-corrected chi connectivity index (χ3v) is 4.74. The van der Waals surface area contributed by atoms with Crippen molar-refractivity contribution in [3.05, 3.63) is 35.7 Å². The summed E-state index contributed by atoms with van der Waals surface area (Å²) in [5.74, 6) is 1.38. The number of rotatable bonds is 6. The number of hydrogen-bond donors (Lipinski definition) is 2. The summed E-state index contributed by atoms with van der Waals surface area (Å²) in [4.78, 5) is 25.0. The van der Waals surface area contributed by atoms with E-state index in [-0.39, 0.29) is 5.91 Å². The van der Waals surface area contributed by atoms with Gasteiger partial charge in [0.25, 0.3) is 0 Å². The van der Waals surface area contributed by atoms with Gasteiger partial charge in [-0.25, -0.2) is 9.97 Å². The summed E-state index contributed by atoms with van der Waals surface area (Å²) in [6.45, 7) is 3.34. The molecule has 0 aliphatic carbocycles. The molecule has 1 aromatic heterocycles. The molecule has 1 amide bonds. The summed E-state index contributed by atoms with van der Waals surface area (Å²) in [5, 5.41) is 6.37. The van der Waals surface area contributed by atoms with E-state index >= 15 is 0 Å². The average Bonchev–Trinajstić information content (AvgIpc) is 2.68. The molecular weight excluding hydrogens is 368 g/mol. The lowest BCUT2D eigenvalue weighted by atomic mass is 10.2. The number of ether oxygens (including phenoxy) is 1. The molecule has 2 heterocycles. The van der Waals surface area contributed by atoms with Crippen LogP contribution in [0.25, 0.3) is 0 Å². The van der Waals surface area contributed by atoms with Crippen molar-refractivity contribution in [1.82, 2.24) is 14.9 Å². The standard InChI is InChI=1S/C18H23ClN6O2/c1-20-16-17(19)21-12-22-18(16)25-9-7-24(8-10-25)11-15(26)23-13-5-3-4-6-14(13)27-2/h3-6,12,20H,7-11H2,1-2H3,(H,23,26). The van der Waals surface area contributed by atoms with Crippen molar-refractivity contribution in [2.45, 2.75) is 0 Å². The van der Waals surface area contributed by atoms with Gasteiger partial charge in [0.15, 0.2) is 11.0 Å². The van der Waals surface area contributed by atoms with E-state index in [1.54, 1.807) is 14.2 Å². The number of hydrogen-bond acceptors (Lipinski definition) is 7. The number of methoxy groups -OCH3 is 1. The van der Waals surface area contributed by atoms with E-state index in [0.717, 1.165) is 37.7 Å². The minimum Gasteiger partial charge on any atom is -0.495 e. The number of nitrogens with one attached hydrogen (secondary N) is 2. The normalized spacial score (nSPS) is 14.7. The monoisotopic (exact) mass is 390 g/mol. The van der Waals surface area contributed by atoms with Crippen LogP contribution in [0.15, 0.2) is 30.6 Å². The summed E-state index contributed by atoms with van der Waals surface area (Å²) in [7, 11) is 3.38. The van der Waals surface area contributed by atoms with Crippen LogP contribution in [-0.4, -0.2) is 67.7 Å². The molecule has 1 aliphatic heterocycles. The van der Waals surface area contributed by atoms with Gasteiger partial charge in [0.2, 0.25) is 5.91 Å². The molecule has 9 heteroatoms. The molecule has 2 aromatic rings. The van der Waals surface area contributed by atoms with Crippen LogP contribution in [0.1, 0.15) is 0 Å². The van der Waals surface area contributed by atoms with Gasteiger partial charge in [-0.3, -0.25) is 9.69 Å². The minimum absolute atomic E-state index is 0.0612. The van der Waals surface area contributed by atoms with Gasteiger partial charge in [-0.1, -0.05) is 23.7 Å². The smallest absolute Gasteiger partial charge is 0.238 e. The van der Waals surface area contributed by atoms with Crippen molar-refractivity contribution in [2.75, 3.05) is 62.4 Å². The number of halogens is 1. The molecule has 1 aliphatic rings. The molecule has 3 rings (SSSR count). The zero-order valence-electron chi connectivity index (χ0n) is 15.4. The fourth-order valence-corrected chi connectivity index (χ4v) is 3.29. The predicted molar refractivity (Wildman–Crippen MR) is 107 cm³/mol. The van der Waals surface area contributed by atoms with Gasteiger partial charge in [-0.15, -0.1) is 0 Å². The maximum Gasteiger partial charge on any atom is 0.238 e. The van der Waals surface area contributed by atoms with Gasteiger partial charge in [0, 0.05) is 33.2 Å². The van der Waals surface area contributed by atoms with E-state index in [9.17, 15) is 4.79 Å². The van der Waals surface area contributed by atoms with Crippen molar-refractivity contribution in [2.24, 2.45) is 0 Å². The molecule has 0 saturated carbocycles. The number of anilines is 3. The molecule has 1 fully saturated rings. The maximum absolute atomic E-state index is 12.4.